The average Bonchev–Trinajstić information content (AvgIpc) is 2.96. The van der Waals surface area contributed by atoms with Crippen LogP contribution in [0, 0.1) is 0 Å². The summed E-state index contributed by atoms with van der Waals surface area (Å²) in [5.41, 5.74) is 5.66. The van der Waals surface area contributed by atoms with Crippen LogP contribution in [-0.2, 0) is 0 Å². The minimum atomic E-state index is -0.291. The molecule has 4 nitrogen and oxygen atoms in total. The lowest BCUT2D eigenvalue weighted by Gasteiger charge is -2.07. The first-order chi connectivity index (χ1) is 12.0. The number of hydrazone groups is 1. The zero-order chi connectivity index (χ0) is 18.0. The Hall–Kier alpha value is -2.30. The Balaban J connectivity index is 1.85. The van der Waals surface area contributed by atoms with Gasteiger partial charge in [0.25, 0.3) is 5.91 Å². The number of aromatic amines is 1. The summed E-state index contributed by atoms with van der Waals surface area (Å²) >= 11 is 12.0. The summed E-state index contributed by atoms with van der Waals surface area (Å²) in [6, 6.07) is 12.9. The van der Waals surface area contributed by atoms with Crippen molar-refractivity contribution >= 4 is 46.2 Å². The molecule has 0 aliphatic carbocycles. The Morgan fingerprint density at radius 1 is 1.20 bits per heavy atom. The van der Waals surface area contributed by atoms with Crippen LogP contribution in [0.25, 0.3) is 10.9 Å². The summed E-state index contributed by atoms with van der Waals surface area (Å²) in [7, 11) is 0. The van der Waals surface area contributed by atoms with E-state index in [1.54, 1.807) is 18.2 Å². The molecular weight excluding hydrogens is 357 g/mol. The number of nitrogens with one attached hydrogen (secondary N) is 2. The fourth-order valence-electron chi connectivity index (χ4n) is 2.76. The number of amides is 1. The van der Waals surface area contributed by atoms with Crippen molar-refractivity contribution in [2.75, 3.05) is 0 Å². The molecule has 3 aromatic rings. The Bertz CT molecular complexity index is 960. The molecular formula is C19H17Cl2N3O. The van der Waals surface area contributed by atoms with Gasteiger partial charge in [-0.1, -0.05) is 61.3 Å². The third-order valence-corrected chi connectivity index (χ3v) is 4.45. The van der Waals surface area contributed by atoms with E-state index in [1.165, 1.54) is 6.21 Å². The summed E-state index contributed by atoms with van der Waals surface area (Å²) in [4.78, 5) is 15.7. The van der Waals surface area contributed by atoms with Crippen molar-refractivity contribution in [3.63, 3.8) is 0 Å². The van der Waals surface area contributed by atoms with E-state index < -0.39 is 0 Å². The van der Waals surface area contributed by atoms with Crippen molar-refractivity contribution in [3.8, 4) is 0 Å². The molecule has 1 aromatic heterocycles. The van der Waals surface area contributed by atoms with E-state index in [0.717, 1.165) is 16.5 Å². The van der Waals surface area contributed by atoms with Crippen molar-refractivity contribution in [1.29, 1.82) is 0 Å². The van der Waals surface area contributed by atoms with Gasteiger partial charge in [0, 0.05) is 21.5 Å². The van der Waals surface area contributed by atoms with Crippen LogP contribution in [0.3, 0.4) is 0 Å². The lowest BCUT2D eigenvalue weighted by molar-refractivity contribution is 0.0949. The maximum Gasteiger partial charge on any atom is 0.288 e. The Morgan fingerprint density at radius 2 is 1.96 bits per heavy atom. The molecule has 2 aromatic carbocycles. The Kier molecular flexibility index (Phi) is 5.11. The monoisotopic (exact) mass is 373 g/mol. The zero-order valence-corrected chi connectivity index (χ0v) is 15.3. The largest absolute Gasteiger partial charge is 0.350 e. The highest BCUT2D eigenvalue weighted by atomic mass is 35.5. The first kappa shape index (κ1) is 17.5. The second-order valence-electron chi connectivity index (χ2n) is 5.98. The van der Waals surface area contributed by atoms with Crippen LogP contribution < -0.4 is 5.43 Å². The number of nitrogens with zero attached hydrogens (tertiary/aromatic N) is 1. The molecule has 0 atom stereocenters. The number of aromatic nitrogens is 1. The highest BCUT2D eigenvalue weighted by molar-refractivity contribution is 6.36. The highest BCUT2D eigenvalue weighted by Gasteiger charge is 2.19. The van der Waals surface area contributed by atoms with Gasteiger partial charge in [0.05, 0.1) is 11.2 Å². The van der Waals surface area contributed by atoms with Gasteiger partial charge in [-0.3, -0.25) is 4.79 Å². The summed E-state index contributed by atoms with van der Waals surface area (Å²) in [6.45, 7) is 4.12. The second-order valence-corrected chi connectivity index (χ2v) is 6.82. The van der Waals surface area contributed by atoms with E-state index in [4.69, 9.17) is 23.2 Å². The molecule has 25 heavy (non-hydrogen) atoms. The molecule has 1 amide bonds. The van der Waals surface area contributed by atoms with Gasteiger partial charge < -0.3 is 4.98 Å². The molecule has 128 valence electrons. The zero-order valence-electron chi connectivity index (χ0n) is 13.8. The first-order valence-electron chi connectivity index (χ1n) is 7.86. The van der Waals surface area contributed by atoms with Gasteiger partial charge in [-0.25, -0.2) is 5.43 Å². The number of carbonyl (C=O) groups excluding carboxylic acids is 1. The smallest absolute Gasteiger partial charge is 0.288 e. The van der Waals surface area contributed by atoms with Gasteiger partial charge in [0.15, 0.2) is 0 Å². The molecule has 0 fully saturated rings. The van der Waals surface area contributed by atoms with E-state index in [0.29, 0.717) is 21.3 Å². The molecule has 0 bridgehead atoms. The number of rotatable bonds is 4. The van der Waals surface area contributed by atoms with E-state index in [2.05, 4.69) is 29.4 Å². The maximum atomic E-state index is 12.6. The van der Waals surface area contributed by atoms with Crippen LogP contribution >= 0.6 is 23.2 Å². The van der Waals surface area contributed by atoms with E-state index in [1.807, 2.05) is 24.3 Å². The molecule has 0 spiro atoms. The molecule has 3 rings (SSSR count). The van der Waals surface area contributed by atoms with Gasteiger partial charge in [-0.15, -0.1) is 0 Å². The van der Waals surface area contributed by atoms with Crippen LogP contribution in [0.4, 0.5) is 0 Å². The van der Waals surface area contributed by atoms with Crippen LogP contribution in [0.1, 0.15) is 41.4 Å². The molecule has 1 heterocycles. The number of hydrogen-bond donors (Lipinski definition) is 2. The molecule has 0 radical (unpaired) electrons. The van der Waals surface area contributed by atoms with Gasteiger partial charge >= 0.3 is 0 Å². The quantitative estimate of drug-likeness (QED) is 0.469. The SMILES string of the molecule is CC(C)c1c(C(=O)NN=Cc2ccc(Cl)cc2Cl)[nH]c2ccccc12. The second kappa shape index (κ2) is 7.30. The molecule has 0 saturated carbocycles. The van der Waals surface area contributed by atoms with E-state index >= 15 is 0 Å². The van der Waals surface area contributed by atoms with E-state index in [9.17, 15) is 4.79 Å². The summed E-state index contributed by atoms with van der Waals surface area (Å²) in [5, 5.41) is 6.07. The van der Waals surface area contributed by atoms with Crippen molar-refractivity contribution in [3.05, 3.63) is 69.3 Å². The number of halogens is 2. The standard InChI is InChI=1S/C19H17Cl2N3O/c1-11(2)17-14-5-3-4-6-16(14)23-18(17)19(25)24-22-10-12-7-8-13(20)9-15(12)21/h3-11,23H,1-2H3,(H,24,25). The third-order valence-electron chi connectivity index (χ3n) is 3.88. The molecule has 0 aliphatic heterocycles. The predicted octanol–water partition coefficient (Wildman–Crippen LogP) is 5.36. The minimum Gasteiger partial charge on any atom is -0.350 e. The van der Waals surface area contributed by atoms with Crippen molar-refractivity contribution in [2.45, 2.75) is 19.8 Å². The number of fused-ring (bicyclic) bond motifs is 1. The van der Waals surface area contributed by atoms with Gasteiger partial charge in [0.2, 0.25) is 0 Å². The van der Waals surface area contributed by atoms with Crippen LogP contribution in [0.15, 0.2) is 47.6 Å². The van der Waals surface area contributed by atoms with Crippen molar-refractivity contribution in [2.24, 2.45) is 5.10 Å². The summed E-state index contributed by atoms with van der Waals surface area (Å²) in [5.74, 6) is -0.0900. The summed E-state index contributed by atoms with van der Waals surface area (Å²) in [6.07, 6.45) is 1.49. The van der Waals surface area contributed by atoms with Crippen LogP contribution in [0.2, 0.25) is 10.0 Å². The Labute approximate surface area is 155 Å². The van der Waals surface area contributed by atoms with Gasteiger partial charge in [0.1, 0.15) is 5.69 Å². The fraction of sp³-hybridized carbons (Fsp3) is 0.158. The number of benzene rings is 2. The van der Waals surface area contributed by atoms with Crippen LogP contribution in [0.5, 0.6) is 0 Å². The predicted molar refractivity (Wildman–Crippen MR) is 104 cm³/mol. The number of carbonyl (C=O) groups is 1. The fourth-order valence-corrected chi connectivity index (χ4v) is 3.22. The molecule has 0 aliphatic rings. The lowest BCUT2D eigenvalue weighted by atomic mass is 9.99. The van der Waals surface area contributed by atoms with Gasteiger partial charge in [-0.05, 0) is 29.7 Å². The van der Waals surface area contributed by atoms with Crippen molar-refractivity contribution in [1.82, 2.24) is 10.4 Å². The van der Waals surface area contributed by atoms with Crippen LogP contribution in [-0.4, -0.2) is 17.1 Å². The summed E-state index contributed by atoms with van der Waals surface area (Å²) < 4.78 is 0. The number of hydrogen-bond acceptors (Lipinski definition) is 2. The normalized spacial score (nSPS) is 11.6. The molecule has 6 heteroatoms. The minimum absolute atomic E-state index is 0.201. The van der Waals surface area contributed by atoms with Gasteiger partial charge in [-0.2, -0.15) is 5.10 Å². The molecule has 0 unspecified atom stereocenters. The lowest BCUT2D eigenvalue weighted by Crippen LogP contribution is -2.19. The maximum absolute atomic E-state index is 12.6. The third kappa shape index (κ3) is 3.70. The average molecular weight is 374 g/mol. The number of para-hydroxylation sites is 1. The molecule has 2 N–H and O–H groups in total. The first-order valence-corrected chi connectivity index (χ1v) is 8.62. The van der Waals surface area contributed by atoms with E-state index in [-0.39, 0.29) is 11.8 Å². The van der Waals surface area contributed by atoms with Crippen molar-refractivity contribution < 1.29 is 4.79 Å². The Morgan fingerprint density at radius 3 is 2.68 bits per heavy atom. The molecule has 0 saturated heterocycles. The topological polar surface area (TPSA) is 57.2 Å². The highest BCUT2D eigenvalue weighted by Crippen LogP contribution is 2.29. The number of H-pyrrole nitrogens is 1.